The van der Waals surface area contributed by atoms with Gasteiger partial charge in [0.2, 0.25) is 0 Å². The van der Waals surface area contributed by atoms with Gasteiger partial charge in [0.1, 0.15) is 0 Å². The highest BCUT2D eigenvalue weighted by molar-refractivity contribution is 6.01. The number of benzene rings is 1. The number of hydrogen-bond acceptors (Lipinski definition) is 2. The zero-order valence-corrected chi connectivity index (χ0v) is 12.5. The van der Waals surface area contributed by atoms with Crippen molar-refractivity contribution in [1.29, 1.82) is 0 Å². The van der Waals surface area contributed by atoms with E-state index in [4.69, 9.17) is 4.99 Å². The molecular weight excluding hydrogens is 232 g/mol. The fraction of sp³-hybridized carbons (Fsp3) is 0.588. The molecule has 0 spiro atoms. The van der Waals surface area contributed by atoms with E-state index in [2.05, 4.69) is 50.2 Å². The van der Waals surface area contributed by atoms with Gasteiger partial charge in [-0.05, 0) is 69.4 Å². The number of aryl methyl sites for hydroxylation is 1. The zero-order valence-electron chi connectivity index (χ0n) is 12.5. The lowest BCUT2D eigenvalue weighted by molar-refractivity contribution is 0.400. The fourth-order valence-electron chi connectivity index (χ4n) is 2.56. The fourth-order valence-corrected chi connectivity index (χ4v) is 2.56. The summed E-state index contributed by atoms with van der Waals surface area (Å²) in [7, 11) is 4.27. The molecule has 0 aliphatic carbocycles. The third kappa shape index (κ3) is 4.46. The van der Waals surface area contributed by atoms with Crippen LogP contribution >= 0.6 is 0 Å². The van der Waals surface area contributed by atoms with E-state index in [0.29, 0.717) is 0 Å². The van der Waals surface area contributed by atoms with Gasteiger partial charge in [-0.1, -0.05) is 25.1 Å². The lowest BCUT2D eigenvalue weighted by Gasteiger charge is -2.18. The predicted octanol–water partition coefficient (Wildman–Crippen LogP) is 3.40. The molecule has 2 heteroatoms. The van der Waals surface area contributed by atoms with Crippen LogP contribution in [0.4, 0.5) is 0 Å². The van der Waals surface area contributed by atoms with Gasteiger partial charge in [0.05, 0.1) is 0 Å². The Morgan fingerprint density at radius 1 is 1.32 bits per heavy atom. The third-order valence-electron chi connectivity index (χ3n) is 3.80. The second-order valence-electron chi connectivity index (χ2n) is 6.04. The standard InChI is InChI=1S/C17H26N2/c1-14-9-10-17(18-13-14)16-8-4-6-15(12-16)7-5-11-19(2)3/h4,6,8,12,14H,5,7,9-11,13H2,1-3H3. The topological polar surface area (TPSA) is 15.6 Å². The van der Waals surface area contributed by atoms with Crippen LogP contribution in [0.5, 0.6) is 0 Å². The molecule has 19 heavy (non-hydrogen) atoms. The molecule has 1 aliphatic heterocycles. The lowest BCUT2D eigenvalue weighted by Crippen LogP contribution is -2.15. The van der Waals surface area contributed by atoms with Gasteiger partial charge in [-0.2, -0.15) is 0 Å². The molecule has 1 heterocycles. The Morgan fingerprint density at radius 2 is 2.16 bits per heavy atom. The molecule has 1 aromatic carbocycles. The first kappa shape index (κ1) is 14.3. The van der Waals surface area contributed by atoms with Gasteiger partial charge >= 0.3 is 0 Å². The van der Waals surface area contributed by atoms with Crippen molar-refractivity contribution in [2.45, 2.75) is 32.6 Å². The first-order valence-corrected chi connectivity index (χ1v) is 7.42. The molecule has 0 bridgehead atoms. The molecule has 2 nitrogen and oxygen atoms in total. The maximum Gasteiger partial charge on any atom is 0.0420 e. The zero-order chi connectivity index (χ0) is 13.7. The van der Waals surface area contributed by atoms with Crippen molar-refractivity contribution >= 4 is 5.71 Å². The van der Waals surface area contributed by atoms with E-state index in [1.54, 1.807) is 0 Å². The number of nitrogens with zero attached hydrogens (tertiary/aromatic N) is 2. The van der Waals surface area contributed by atoms with Crippen LogP contribution < -0.4 is 0 Å². The molecule has 1 aromatic rings. The van der Waals surface area contributed by atoms with Crippen molar-refractivity contribution in [3.05, 3.63) is 35.4 Å². The first-order valence-electron chi connectivity index (χ1n) is 7.42. The lowest BCUT2D eigenvalue weighted by atomic mass is 9.94. The van der Waals surface area contributed by atoms with E-state index in [-0.39, 0.29) is 0 Å². The Bertz CT molecular complexity index is 435. The van der Waals surface area contributed by atoms with Crippen LogP contribution in [0, 0.1) is 5.92 Å². The van der Waals surface area contributed by atoms with Crippen LogP contribution in [-0.4, -0.2) is 37.8 Å². The van der Waals surface area contributed by atoms with Gasteiger partial charge < -0.3 is 4.90 Å². The van der Waals surface area contributed by atoms with Crippen LogP contribution in [0.1, 0.15) is 37.3 Å². The summed E-state index contributed by atoms with van der Waals surface area (Å²) in [5, 5.41) is 0. The van der Waals surface area contributed by atoms with Crippen LogP contribution in [0.25, 0.3) is 0 Å². The van der Waals surface area contributed by atoms with Crippen molar-refractivity contribution in [3.63, 3.8) is 0 Å². The molecular formula is C17H26N2. The summed E-state index contributed by atoms with van der Waals surface area (Å²) in [5.41, 5.74) is 4.10. The van der Waals surface area contributed by atoms with Gasteiger partial charge in [0, 0.05) is 12.3 Å². The monoisotopic (exact) mass is 258 g/mol. The molecule has 0 radical (unpaired) electrons. The summed E-state index contributed by atoms with van der Waals surface area (Å²) in [4.78, 5) is 6.99. The molecule has 0 amide bonds. The molecule has 1 atom stereocenters. The summed E-state index contributed by atoms with van der Waals surface area (Å²) in [5.74, 6) is 0.757. The molecule has 0 saturated heterocycles. The molecule has 104 valence electrons. The second-order valence-corrected chi connectivity index (χ2v) is 6.04. The Kier molecular flexibility index (Phi) is 5.15. The Morgan fingerprint density at radius 3 is 2.84 bits per heavy atom. The summed E-state index contributed by atoms with van der Waals surface area (Å²) in [6, 6.07) is 8.97. The molecule has 0 saturated carbocycles. The van der Waals surface area contributed by atoms with Crippen LogP contribution in [0.3, 0.4) is 0 Å². The highest BCUT2D eigenvalue weighted by Gasteiger charge is 2.13. The summed E-state index contributed by atoms with van der Waals surface area (Å²) in [6.45, 7) is 4.45. The van der Waals surface area contributed by atoms with Crippen molar-refractivity contribution in [2.75, 3.05) is 27.2 Å². The predicted molar refractivity (Wildman–Crippen MR) is 83.1 cm³/mol. The molecule has 1 unspecified atom stereocenters. The minimum Gasteiger partial charge on any atom is -0.309 e. The molecule has 2 rings (SSSR count). The maximum atomic E-state index is 4.74. The second kappa shape index (κ2) is 6.85. The van der Waals surface area contributed by atoms with Gasteiger partial charge in [0.15, 0.2) is 0 Å². The van der Waals surface area contributed by atoms with Gasteiger partial charge in [0.25, 0.3) is 0 Å². The minimum absolute atomic E-state index is 0.757. The molecule has 0 aromatic heterocycles. The molecule has 0 fully saturated rings. The molecule has 0 N–H and O–H groups in total. The van der Waals surface area contributed by atoms with E-state index in [9.17, 15) is 0 Å². The smallest absolute Gasteiger partial charge is 0.0420 e. The average molecular weight is 258 g/mol. The first-order chi connectivity index (χ1) is 9.15. The third-order valence-corrected chi connectivity index (χ3v) is 3.80. The maximum absolute atomic E-state index is 4.74. The van der Waals surface area contributed by atoms with Crippen molar-refractivity contribution in [3.8, 4) is 0 Å². The van der Waals surface area contributed by atoms with Gasteiger partial charge in [-0.25, -0.2) is 0 Å². The van der Waals surface area contributed by atoms with E-state index in [1.165, 1.54) is 29.7 Å². The van der Waals surface area contributed by atoms with Crippen LogP contribution in [0.15, 0.2) is 29.3 Å². The van der Waals surface area contributed by atoms with E-state index >= 15 is 0 Å². The Hall–Kier alpha value is -1.15. The summed E-state index contributed by atoms with van der Waals surface area (Å²) in [6.07, 6.45) is 4.81. The molecule has 1 aliphatic rings. The summed E-state index contributed by atoms with van der Waals surface area (Å²) >= 11 is 0. The van der Waals surface area contributed by atoms with E-state index in [1.807, 2.05) is 0 Å². The summed E-state index contributed by atoms with van der Waals surface area (Å²) < 4.78 is 0. The van der Waals surface area contributed by atoms with Crippen molar-refractivity contribution in [1.82, 2.24) is 4.90 Å². The largest absolute Gasteiger partial charge is 0.309 e. The highest BCUT2D eigenvalue weighted by Crippen LogP contribution is 2.19. The highest BCUT2D eigenvalue weighted by atomic mass is 15.0. The van der Waals surface area contributed by atoms with Crippen molar-refractivity contribution < 1.29 is 0 Å². The number of hydrogen-bond donors (Lipinski definition) is 0. The Labute approximate surface area is 117 Å². The SMILES string of the molecule is CC1CCC(c2cccc(CCCN(C)C)c2)=NC1. The van der Waals surface area contributed by atoms with E-state index in [0.717, 1.165) is 31.8 Å². The Balaban J connectivity index is 1.99. The minimum atomic E-state index is 0.757. The normalized spacial score (nSPS) is 19.6. The van der Waals surface area contributed by atoms with Crippen LogP contribution in [-0.2, 0) is 6.42 Å². The van der Waals surface area contributed by atoms with Crippen LogP contribution in [0.2, 0.25) is 0 Å². The van der Waals surface area contributed by atoms with Gasteiger partial charge in [-0.3, -0.25) is 4.99 Å². The average Bonchev–Trinajstić information content (AvgIpc) is 2.39. The number of rotatable bonds is 5. The number of aliphatic imine (C=N–C) groups is 1. The van der Waals surface area contributed by atoms with Gasteiger partial charge in [-0.15, -0.1) is 0 Å². The quantitative estimate of drug-likeness (QED) is 0.790. The van der Waals surface area contributed by atoms with Crippen molar-refractivity contribution in [2.24, 2.45) is 10.9 Å². The van der Waals surface area contributed by atoms with E-state index < -0.39 is 0 Å².